The summed E-state index contributed by atoms with van der Waals surface area (Å²) < 4.78 is 11.1. The number of carbonyl (C=O) groups is 1. The van der Waals surface area contributed by atoms with Gasteiger partial charge < -0.3 is 19.7 Å². The average Bonchev–Trinajstić information content (AvgIpc) is 2.68. The van der Waals surface area contributed by atoms with Crippen molar-refractivity contribution in [3.05, 3.63) is 0 Å². The first kappa shape index (κ1) is 17.5. The maximum atomic E-state index is 12.2. The van der Waals surface area contributed by atoms with Gasteiger partial charge in [-0.2, -0.15) is 0 Å². The van der Waals surface area contributed by atoms with Crippen molar-refractivity contribution in [3.8, 4) is 0 Å². The third-order valence-corrected chi connectivity index (χ3v) is 4.75. The van der Waals surface area contributed by atoms with Crippen molar-refractivity contribution in [3.63, 3.8) is 0 Å². The van der Waals surface area contributed by atoms with E-state index in [2.05, 4.69) is 19.2 Å². The van der Waals surface area contributed by atoms with Crippen LogP contribution in [0, 0.1) is 5.41 Å². The topological polar surface area (TPSA) is 50.8 Å². The van der Waals surface area contributed by atoms with E-state index >= 15 is 0 Å². The van der Waals surface area contributed by atoms with Crippen LogP contribution in [0.15, 0.2) is 0 Å². The van der Waals surface area contributed by atoms with E-state index in [1.54, 1.807) is 0 Å². The number of hydrogen-bond acceptors (Lipinski definition) is 3. The van der Waals surface area contributed by atoms with Crippen LogP contribution in [0.5, 0.6) is 0 Å². The fourth-order valence-electron chi connectivity index (χ4n) is 3.10. The summed E-state index contributed by atoms with van der Waals surface area (Å²) in [5.41, 5.74) is 0.368. The lowest BCUT2D eigenvalue weighted by molar-refractivity contribution is -0.0320. The molecule has 128 valence electrons. The summed E-state index contributed by atoms with van der Waals surface area (Å²) in [6, 6.07) is 0.0868. The maximum Gasteiger partial charge on any atom is 0.317 e. The van der Waals surface area contributed by atoms with E-state index in [0.29, 0.717) is 18.1 Å². The highest BCUT2D eigenvalue weighted by atomic mass is 16.5. The van der Waals surface area contributed by atoms with Gasteiger partial charge in [0.05, 0.1) is 6.10 Å². The van der Waals surface area contributed by atoms with Gasteiger partial charge in [-0.1, -0.05) is 13.8 Å². The molecule has 0 unspecified atom stereocenters. The molecular weight excluding hydrogens is 280 g/mol. The Bertz CT molecular complexity index is 341. The minimum atomic E-state index is 0.0868. The molecule has 0 aromatic heterocycles. The summed E-state index contributed by atoms with van der Waals surface area (Å²) in [4.78, 5) is 14.2. The smallest absolute Gasteiger partial charge is 0.317 e. The van der Waals surface area contributed by atoms with Crippen molar-refractivity contribution < 1.29 is 14.3 Å². The SMILES string of the molecule is CC1(C)CCCN(C(=O)NCCCOC2CCOCC2)CC1. The Balaban J connectivity index is 1.55. The first-order chi connectivity index (χ1) is 10.6. The van der Waals surface area contributed by atoms with E-state index in [-0.39, 0.29) is 6.03 Å². The monoisotopic (exact) mass is 312 g/mol. The lowest BCUT2D eigenvalue weighted by atomic mass is 9.85. The molecule has 2 saturated heterocycles. The molecule has 0 atom stereocenters. The van der Waals surface area contributed by atoms with Gasteiger partial charge in [-0.3, -0.25) is 0 Å². The first-order valence-corrected chi connectivity index (χ1v) is 8.79. The number of hydrogen-bond donors (Lipinski definition) is 1. The molecule has 0 aromatic carbocycles. The fraction of sp³-hybridized carbons (Fsp3) is 0.941. The lowest BCUT2D eigenvalue weighted by Gasteiger charge is -2.24. The number of likely N-dealkylation sites (tertiary alicyclic amines) is 1. The zero-order chi connectivity index (χ0) is 15.8. The minimum absolute atomic E-state index is 0.0868. The first-order valence-electron chi connectivity index (χ1n) is 8.79. The molecule has 0 spiro atoms. The Hall–Kier alpha value is -0.810. The van der Waals surface area contributed by atoms with E-state index in [1.807, 2.05) is 4.90 Å². The Morgan fingerprint density at radius 1 is 1.27 bits per heavy atom. The molecule has 0 radical (unpaired) electrons. The van der Waals surface area contributed by atoms with Gasteiger partial charge >= 0.3 is 6.03 Å². The number of nitrogens with one attached hydrogen (secondary N) is 1. The molecule has 0 bridgehead atoms. The second-order valence-corrected chi connectivity index (χ2v) is 7.27. The van der Waals surface area contributed by atoms with E-state index in [0.717, 1.165) is 65.0 Å². The normalized spacial score (nSPS) is 23.1. The second-order valence-electron chi connectivity index (χ2n) is 7.27. The van der Waals surface area contributed by atoms with Crippen molar-refractivity contribution in [2.24, 2.45) is 5.41 Å². The molecule has 2 amide bonds. The highest BCUT2D eigenvalue weighted by molar-refractivity contribution is 5.74. The number of ether oxygens (including phenoxy) is 2. The van der Waals surface area contributed by atoms with Crippen LogP contribution in [0.2, 0.25) is 0 Å². The third kappa shape index (κ3) is 6.13. The van der Waals surface area contributed by atoms with Crippen molar-refractivity contribution in [2.45, 2.75) is 58.5 Å². The molecule has 2 fully saturated rings. The van der Waals surface area contributed by atoms with Crippen LogP contribution in [-0.2, 0) is 9.47 Å². The van der Waals surface area contributed by atoms with Gasteiger partial charge in [-0.15, -0.1) is 0 Å². The zero-order valence-corrected chi connectivity index (χ0v) is 14.2. The molecule has 0 saturated carbocycles. The predicted octanol–water partition coefficient (Wildman–Crippen LogP) is 2.79. The van der Waals surface area contributed by atoms with Crippen LogP contribution < -0.4 is 5.32 Å². The summed E-state index contributed by atoms with van der Waals surface area (Å²) in [6.07, 6.45) is 6.61. The van der Waals surface area contributed by atoms with E-state index in [4.69, 9.17) is 9.47 Å². The van der Waals surface area contributed by atoms with Crippen LogP contribution in [0.3, 0.4) is 0 Å². The number of carbonyl (C=O) groups excluding carboxylic acids is 1. The maximum absolute atomic E-state index is 12.2. The van der Waals surface area contributed by atoms with Crippen LogP contribution in [0.4, 0.5) is 4.79 Å². The number of nitrogens with zero attached hydrogens (tertiary/aromatic N) is 1. The van der Waals surface area contributed by atoms with E-state index < -0.39 is 0 Å². The van der Waals surface area contributed by atoms with Gasteiger partial charge in [0, 0.05) is 39.5 Å². The Morgan fingerprint density at radius 3 is 2.82 bits per heavy atom. The molecular formula is C17H32N2O3. The van der Waals surface area contributed by atoms with Crippen LogP contribution in [0.1, 0.15) is 52.4 Å². The van der Waals surface area contributed by atoms with Crippen molar-refractivity contribution in [1.29, 1.82) is 0 Å². The summed E-state index contributed by atoms with van der Waals surface area (Å²) in [5.74, 6) is 0. The largest absolute Gasteiger partial charge is 0.381 e. The zero-order valence-electron chi connectivity index (χ0n) is 14.2. The molecule has 0 aliphatic carbocycles. The van der Waals surface area contributed by atoms with E-state index in [1.165, 1.54) is 6.42 Å². The molecule has 22 heavy (non-hydrogen) atoms. The highest BCUT2D eigenvalue weighted by Gasteiger charge is 2.25. The van der Waals surface area contributed by atoms with Gasteiger partial charge in [0.15, 0.2) is 0 Å². The van der Waals surface area contributed by atoms with Gasteiger partial charge in [0.1, 0.15) is 0 Å². The summed E-state index contributed by atoms with van der Waals surface area (Å²) in [7, 11) is 0. The van der Waals surface area contributed by atoms with Crippen LogP contribution >= 0.6 is 0 Å². The number of rotatable bonds is 5. The van der Waals surface area contributed by atoms with Crippen LogP contribution in [-0.4, -0.2) is 56.5 Å². The fourth-order valence-corrected chi connectivity index (χ4v) is 3.10. The lowest BCUT2D eigenvalue weighted by Crippen LogP contribution is -2.41. The van der Waals surface area contributed by atoms with Gasteiger partial charge in [0.25, 0.3) is 0 Å². The molecule has 5 nitrogen and oxygen atoms in total. The summed E-state index contributed by atoms with van der Waals surface area (Å²) in [5, 5.41) is 3.03. The van der Waals surface area contributed by atoms with Gasteiger partial charge in [0.2, 0.25) is 0 Å². The molecule has 2 rings (SSSR count). The Labute approximate surface area is 134 Å². The molecule has 2 heterocycles. The van der Waals surface area contributed by atoms with Gasteiger partial charge in [-0.05, 0) is 43.9 Å². The third-order valence-electron chi connectivity index (χ3n) is 4.75. The molecule has 0 aromatic rings. The van der Waals surface area contributed by atoms with Crippen LogP contribution in [0.25, 0.3) is 0 Å². The number of urea groups is 1. The van der Waals surface area contributed by atoms with Gasteiger partial charge in [-0.25, -0.2) is 4.79 Å². The quantitative estimate of drug-likeness (QED) is 0.794. The Kier molecular flexibility index (Phi) is 6.96. The minimum Gasteiger partial charge on any atom is -0.381 e. The standard InChI is InChI=1S/C17H32N2O3/c1-17(2)7-3-10-19(11-8-17)16(20)18-9-4-12-22-15-5-13-21-14-6-15/h15H,3-14H2,1-2H3,(H,18,20). The molecule has 2 aliphatic heterocycles. The molecule has 2 aliphatic rings. The number of amides is 2. The summed E-state index contributed by atoms with van der Waals surface area (Å²) >= 11 is 0. The van der Waals surface area contributed by atoms with Crippen molar-refractivity contribution in [2.75, 3.05) is 39.5 Å². The second kappa shape index (κ2) is 8.73. The van der Waals surface area contributed by atoms with E-state index in [9.17, 15) is 4.79 Å². The average molecular weight is 312 g/mol. The van der Waals surface area contributed by atoms with Crippen molar-refractivity contribution >= 4 is 6.03 Å². The highest BCUT2D eigenvalue weighted by Crippen LogP contribution is 2.29. The summed E-state index contributed by atoms with van der Waals surface area (Å²) in [6.45, 7) is 9.38. The predicted molar refractivity (Wildman–Crippen MR) is 87.0 cm³/mol. The Morgan fingerprint density at radius 2 is 2.05 bits per heavy atom. The van der Waals surface area contributed by atoms with Crippen molar-refractivity contribution in [1.82, 2.24) is 10.2 Å². The molecule has 1 N–H and O–H groups in total. The molecule has 5 heteroatoms.